The predicted molar refractivity (Wildman–Crippen MR) is 104 cm³/mol. The van der Waals surface area contributed by atoms with Gasteiger partial charge in [-0.25, -0.2) is 0 Å². The number of methoxy groups -OCH3 is 1. The van der Waals surface area contributed by atoms with Crippen LogP contribution in [-0.4, -0.2) is 56.1 Å². The lowest BCUT2D eigenvalue weighted by atomic mass is 10.0. The minimum atomic E-state index is -0.290. The van der Waals surface area contributed by atoms with Gasteiger partial charge in [-0.2, -0.15) is 0 Å². The number of nitrogens with two attached hydrogens (primary N) is 1. The molecule has 0 atom stereocenters. The highest BCUT2D eigenvalue weighted by molar-refractivity contribution is 6.03. The fraction of sp³-hybridized carbons (Fsp3) is 0.444. The molecule has 0 bridgehead atoms. The molecule has 2 aliphatic heterocycles. The molecule has 0 aromatic heterocycles. The van der Waals surface area contributed by atoms with Crippen molar-refractivity contribution >= 4 is 28.9 Å². The molecular formula is C18H26N6O2. The zero-order chi connectivity index (χ0) is 18.7. The standard InChI is InChI=1S/C18H26N6O2/c1-3-17(25)21-13-8-14(22-18(19)20)16(26-2)9-15(13)24-10-12(11-24)23-6-4-5-7-23/h3,8-9,12H,1,4-7,10-11H2,2H3,(H,21,25)(H4,19,20,22). The minimum Gasteiger partial charge on any atom is -0.494 e. The lowest BCUT2D eigenvalue weighted by Crippen LogP contribution is -2.59. The van der Waals surface area contributed by atoms with E-state index in [1.807, 2.05) is 6.07 Å². The molecule has 2 saturated heterocycles. The summed E-state index contributed by atoms with van der Waals surface area (Å²) in [7, 11) is 1.57. The Morgan fingerprint density at radius 1 is 1.31 bits per heavy atom. The second-order valence-corrected chi connectivity index (χ2v) is 6.60. The summed E-state index contributed by atoms with van der Waals surface area (Å²) in [5, 5.41) is 13.0. The number of nitrogens with one attached hydrogen (secondary N) is 3. The number of carbonyl (C=O) groups excluding carboxylic acids is 1. The second-order valence-electron chi connectivity index (χ2n) is 6.60. The molecule has 5 N–H and O–H groups in total. The van der Waals surface area contributed by atoms with Crippen molar-refractivity contribution in [3.8, 4) is 5.75 Å². The average Bonchev–Trinajstić information content (AvgIpc) is 3.08. The molecule has 8 heteroatoms. The number of likely N-dealkylation sites (tertiary alicyclic amines) is 1. The SMILES string of the molecule is C=CC(=O)Nc1cc(NC(=N)N)c(OC)cc1N1CC(N2CCCC2)C1. The van der Waals surface area contributed by atoms with Gasteiger partial charge in [0.1, 0.15) is 5.75 Å². The Bertz CT molecular complexity index is 708. The highest BCUT2D eigenvalue weighted by Crippen LogP contribution is 2.39. The van der Waals surface area contributed by atoms with E-state index in [1.54, 1.807) is 13.2 Å². The Kier molecular flexibility index (Phi) is 5.32. The van der Waals surface area contributed by atoms with Crippen LogP contribution in [0.4, 0.5) is 17.1 Å². The fourth-order valence-electron chi connectivity index (χ4n) is 3.52. The number of amides is 1. The maximum atomic E-state index is 11.8. The van der Waals surface area contributed by atoms with Crippen LogP contribution in [0.3, 0.4) is 0 Å². The van der Waals surface area contributed by atoms with E-state index < -0.39 is 0 Å². The van der Waals surface area contributed by atoms with Gasteiger partial charge in [0, 0.05) is 25.2 Å². The van der Waals surface area contributed by atoms with E-state index in [9.17, 15) is 4.79 Å². The summed E-state index contributed by atoms with van der Waals surface area (Å²) >= 11 is 0. The van der Waals surface area contributed by atoms with Crippen LogP contribution >= 0.6 is 0 Å². The molecule has 2 fully saturated rings. The van der Waals surface area contributed by atoms with Gasteiger partial charge in [-0.1, -0.05) is 6.58 Å². The second kappa shape index (κ2) is 7.65. The van der Waals surface area contributed by atoms with Crippen LogP contribution in [0.2, 0.25) is 0 Å². The van der Waals surface area contributed by atoms with Crippen molar-refractivity contribution < 1.29 is 9.53 Å². The molecule has 0 unspecified atom stereocenters. The fourth-order valence-corrected chi connectivity index (χ4v) is 3.52. The normalized spacial score (nSPS) is 17.5. The van der Waals surface area contributed by atoms with Crippen LogP contribution in [0.5, 0.6) is 5.75 Å². The summed E-state index contributed by atoms with van der Waals surface area (Å²) in [5.41, 5.74) is 7.50. The van der Waals surface area contributed by atoms with Gasteiger partial charge in [-0.15, -0.1) is 0 Å². The number of ether oxygens (including phenoxy) is 1. The summed E-state index contributed by atoms with van der Waals surface area (Å²) in [6, 6.07) is 4.16. The number of hydrogen-bond donors (Lipinski definition) is 4. The Balaban J connectivity index is 1.85. The van der Waals surface area contributed by atoms with E-state index in [0.717, 1.165) is 18.8 Å². The molecule has 0 spiro atoms. The molecule has 0 aliphatic carbocycles. The molecule has 1 aromatic rings. The van der Waals surface area contributed by atoms with E-state index in [1.165, 1.54) is 32.0 Å². The van der Waals surface area contributed by atoms with Crippen LogP contribution in [0.1, 0.15) is 12.8 Å². The third kappa shape index (κ3) is 3.75. The third-order valence-electron chi connectivity index (χ3n) is 4.89. The maximum Gasteiger partial charge on any atom is 0.247 e. The van der Waals surface area contributed by atoms with E-state index in [4.69, 9.17) is 15.9 Å². The predicted octanol–water partition coefficient (Wildman–Crippen LogP) is 1.41. The lowest BCUT2D eigenvalue weighted by molar-refractivity contribution is -0.111. The molecule has 8 nitrogen and oxygen atoms in total. The number of nitrogens with zero attached hydrogens (tertiary/aromatic N) is 2. The van der Waals surface area contributed by atoms with Crippen LogP contribution in [0.25, 0.3) is 0 Å². The molecule has 1 amide bonds. The average molecular weight is 358 g/mol. The van der Waals surface area contributed by atoms with Gasteiger partial charge in [0.25, 0.3) is 0 Å². The Labute approximate surface area is 153 Å². The largest absolute Gasteiger partial charge is 0.494 e. The van der Waals surface area contributed by atoms with Crippen LogP contribution < -0.4 is 26.0 Å². The molecule has 2 heterocycles. The van der Waals surface area contributed by atoms with Crippen molar-refractivity contribution in [3.05, 3.63) is 24.8 Å². The van der Waals surface area contributed by atoms with Gasteiger partial charge in [0.05, 0.1) is 24.2 Å². The summed E-state index contributed by atoms with van der Waals surface area (Å²) in [6.07, 6.45) is 3.78. The van der Waals surface area contributed by atoms with Gasteiger partial charge in [-0.3, -0.25) is 15.1 Å². The van der Waals surface area contributed by atoms with Crippen LogP contribution in [0, 0.1) is 5.41 Å². The first-order valence-electron chi connectivity index (χ1n) is 8.77. The monoisotopic (exact) mass is 358 g/mol. The molecule has 26 heavy (non-hydrogen) atoms. The van der Waals surface area contributed by atoms with Crippen LogP contribution in [-0.2, 0) is 4.79 Å². The summed E-state index contributed by atoms with van der Waals surface area (Å²) < 4.78 is 5.43. The van der Waals surface area contributed by atoms with Gasteiger partial charge in [-0.05, 0) is 38.1 Å². The lowest BCUT2D eigenvalue weighted by Gasteiger charge is -2.46. The first kappa shape index (κ1) is 18.1. The first-order chi connectivity index (χ1) is 12.5. The van der Waals surface area contributed by atoms with Crippen molar-refractivity contribution in [2.45, 2.75) is 18.9 Å². The maximum absolute atomic E-state index is 11.8. The molecule has 0 radical (unpaired) electrons. The molecule has 3 rings (SSSR count). The number of carbonyl (C=O) groups is 1. The van der Waals surface area contributed by atoms with Crippen molar-refractivity contribution in [3.63, 3.8) is 0 Å². The number of benzene rings is 1. The van der Waals surface area contributed by atoms with Gasteiger partial charge in [0.2, 0.25) is 5.91 Å². The van der Waals surface area contributed by atoms with E-state index in [-0.39, 0.29) is 11.9 Å². The Hall–Kier alpha value is -2.74. The summed E-state index contributed by atoms with van der Waals surface area (Å²) in [4.78, 5) is 16.6. The zero-order valence-corrected chi connectivity index (χ0v) is 15.0. The van der Waals surface area contributed by atoms with Gasteiger partial charge < -0.3 is 26.0 Å². The van der Waals surface area contributed by atoms with Gasteiger partial charge >= 0.3 is 0 Å². The molecule has 140 valence electrons. The van der Waals surface area contributed by atoms with Crippen molar-refractivity contribution in [1.29, 1.82) is 5.41 Å². The Morgan fingerprint density at radius 3 is 2.58 bits per heavy atom. The number of anilines is 3. The molecule has 0 saturated carbocycles. The van der Waals surface area contributed by atoms with E-state index in [0.29, 0.717) is 23.2 Å². The van der Waals surface area contributed by atoms with Crippen molar-refractivity contribution in [1.82, 2.24) is 4.90 Å². The smallest absolute Gasteiger partial charge is 0.247 e. The zero-order valence-electron chi connectivity index (χ0n) is 15.0. The number of guanidine groups is 1. The van der Waals surface area contributed by atoms with Gasteiger partial charge in [0.15, 0.2) is 5.96 Å². The quantitative estimate of drug-likeness (QED) is 0.348. The van der Waals surface area contributed by atoms with Crippen LogP contribution in [0.15, 0.2) is 24.8 Å². The Morgan fingerprint density at radius 2 is 2.00 bits per heavy atom. The van der Waals surface area contributed by atoms with E-state index >= 15 is 0 Å². The third-order valence-corrected chi connectivity index (χ3v) is 4.89. The number of rotatable bonds is 6. The van der Waals surface area contributed by atoms with Crippen molar-refractivity contribution in [2.24, 2.45) is 5.73 Å². The minimum absolute atomic E-state index is 0.199. The topological polar surface area (TPSA) is 107 Å². The van der Waals surface area contributed by atoms with Crippen molar-refractivity contribution in [2.75, 3.05) is 48.8 Å². The summed E-state index contributed by atoms with van der Waals surface area (Å²) in [5.74, 6) is 0.0772. The molecule has 1 aromatic carbocycles. The highest BCUT2D eigenvalue weighted by atomic mass is 16.5. The molecular weight excluding hydrogens is 332 g/mol. The van der Waals surface area contributed by atoms with E-state index in [2.05, 4.69) is 27.0 Å². The first-order valence-corrected chi connectivity index (χ1v) is 8.77. The number of hydrogen-bond acceptors (Lipinski definition) is 5. The molecule has 2 aliphatic rings. The highest BCUT2D eigenvalue weighted by Gasteiger charge is 2.34. The summed E-state index contributed by atoms with van der Waals surface area (Å²) in [6.45, 7) is 7.68.